The van der Waals surface area contributed by atoms with E-state index in [9.17, 15) is 4.79 Å². The summed E-state index contributed by atoms with van der Waals surface area (Å²) in [6.07, 6.45) is 0.910. The Morgan fingerprint density at radius 2 is 2.11 bits per heavy atom. The number of ether oxygens (including phenoxy) is 2. The normalized spacial score (nSPS) is 12.0. The minimum absolute atomic E-state index is 0.0604. The monoisotopic (exact) mass is 265 g/mol. The Labute approximate surface area is 115 Å². The number of hydrogen-bond acceptors (Lipinski definition) is 3. The van der Waals surface area contributed by atoms with E-state index in [1.807, 2.05) is 32.9 Å². The number of hydrogen-bond donors (Lipinski definition) is 1. The number of carbonyl (C=O) groups excluding carboxylic acids is 1. The summed E-state index contributed by atoms with van der Waals surface area (Å²) in [5.74, 6) is 0.708. The smallest absolute Gasteiger partial charge is 0.251 e. The van der Waals surface area contributed by atoms with Gasteiger partial charge >= 0.3 is 0 Å². The summed E-state index contributed by atoms with van der Waals surface area (Å²) in [5.41, 5.74) is 1.52. The first-order valence-electron chi connectivity index (χ1n) is 6.67. The van der Waals surface area contributed by atoms with Crippen LogP contribution in [0, 0.1) is 0 Å². The van der Waals surface area contributed by atoms with Crippen LogP contribution >= 0.6 is 0 Å². The molecule has 1 aromatic rings. The van der Waals surface area contributed by atoms with Crippen LogP contribution in [0.4, 0.5) is 0 Å². The number of nitrogens with one attached hydrogen (secondary N) is 1. The van der Waals surface area contributed by atoms with E-state index in [-0.39, 0.29) is 11.9 Å². The van der Waals surface area contributed by atoms with E-state index in [1.165, 1.54) is 0 Å². The Kier molecular flexibility index (Phi) is 6.36. The van der Waals surface area contributed by atoms with Gasteiger partial charge < -0.3 is 14.8 Å². The van der Waals surface area contributed by atoms with E-state index in [0.29, 0.717) is 18.8 Å². The van der Waals surface area contributed by atoms with Crippen molar-refractivity contribution < 1.29 is 14.3 Å². The molecule has 0 aliphatic rings. The summed E-state index contributed by atoms with van der Waals surface area (Å²) in [6, 6.07) is 5.60. The molecular weight excluding hydrogens is 242 g/mol. The van der Waals surface area contributed by atoms with Gasteiger partial charge in [0.25, 0.3) is 5.91 Å². The number of carbonyl (C=O) groups is 1. The molecule has 106 valence electrons. The molecule has 0 bridgehead atoms. The van der Waals surface area contributed by atoms with E-state index >= 15 is 0 Å². The van der Waals surface area contributed by atoms with Crippen LogP contribution in [-0.4, -0.2) is 25.7 Å². The van der Waals surface area contributed by atoms with Gasteiger partial charge in [-0.15, -0.1) is 0 Å². The van der Waals surface area contributed by atoms with Crippen LogP contribution < -0.4 is 10.1 Å². The predicted octanol–water partition coefficient (Wildman–Crippen LogP) is 2.76. The number of methoxy groups -OCH3 is 1. The lowest BCUT2D eigenvalue weighted by molar-refractivity contribution is 0.0939. The maximum absolute atomic E-state index is 12.0. The summed E-state index contributed by atoms with van der Waals surface area (Å²) in [5, 5.41) is 2.95. The zero-order valence-corrected chi connectivity index (χ0v) is 12.2. The Bertz CT molecular complexity index is 418. The molecule has 1 aromatic carbocycles. The molecule has 0 heterocycles. The molecule has 0 fully saturated rings. The molecule has 0 aliphatic carbocycles. The maximum Gasteiger partial charge on any atom is 0.251 e. The molecule has 0 unspecified atom stereocenters. The second kappa shape index (κ2) is 7.79. The third-order valence-corrected chi connectivity index (χ3v) is 2.91. The van der Waals surface area contributed by atoms with Gasteiger partial charge in [-0.1, -0.05) is 6.92 Å². The van der Waals surface area contributed by atoms with Gasteiger partial charge in [-0.05, 0) is 38.5 Å². The molecule has 0 saturated heterocycles. The average Bonchev–Trinajstić information content (AvgIpc) is 2.41. The minimum Gasteiger partial charge on any atom is -0.494 e. The Morgan fingerprint density at radius 1 is 1.37 bits per heavy atom. The molecule has 0 aromatic heterocycles. The third-order valence-electron chi connectivity index (χ3n) is 2.91. The number of amides is 1. The Balaban J connectivity index is 2.90. The lowest BCUT2D eigenvalue weighted by atomic mass is 10.1. The molecule has 0 radical (unpaired) electrons. The lowest BCUT2D eigenvalue weighted by Gasteiger charge is -2.14. The SMILES string of the molecule is CCOc1ccc(C(=O)N[C@H](C)CC)cc1COC. The van der Waals surface area contributed by atoms with Crippen molar-refractivity contribution in [3.8, 4) is 5.75 Å². The van der Waals surface area contributed by atoms with Gasteiger partial charge in [-0.3, -0.25) is 4.79 Å². The molecule has 1 amide bonds. The summed E-state index contributed by atoms with van der Waals surface area (Å²) in [4.78, 5) is 12.0. The first-order chi connectivity index (χ1) is 9.12. The molecule has 4 nitrogen and oxygen atoms in total. The highest BCUT2D eigenvalue weighted by atomic mass is 16.5. The fourth-order valence-corrected chi connectivity index (χ4v) is 1.69. The van der Waals surface area contributed by atoms with E-state index in [4.69, 9.17) is 9.47 Å². The molecule has 0 aliphatic heterocycles. The topological polar surface area (TPSA) is 47.6 Å². The second-order valence-electron chi connectivity index (χ2n) is 4.47. The van der Waals surface area contributed by atoms with Crippen molar-refractivity contribution in [2.45, 2.75) is 39.8 Å². The molecule has 1 atom stereocenters. The standard InChI is InChI=1S/C15H23NO3/c1-5-11(3)16-15(17)12-7-8-14(19-6-2)13(9-12)10-18-4/h7-9,11H,5-6,10H2,1-4H3,(H,16,17)/t11-/m1/s1. The zero-order chi connectivity index (χ0) is 14.3. The first-order valence-corrected chi connectivity index (χ1v) is 6.67. The minimum atomic E-state index is -0.0604. The predicted molar refractivity (Wildman–Crippen MR) is 75.5 cm³/mol. The van der Waals surface area contributed by atoms with Crippen LogP contribution in [0.5, 0.6) is 5.75 Å². The van der Waals surface area contributed by atoms with Crippen LogP contribution in [0.25, 0.3) is 0 Å². The van der Waals surface area contributed by atoms with E-state index in [0.717, 1.165) is 17.7 Å². The molecular formula is C15H23NO3. The first kappa shape index (κ1) is 15.5. The van der Waals surface area contributed by atoms with E-state index in [2.05, 4.69) is 5.32 Å². The quantitative estimate of drug-likeness (QED) is 0.824. The molecule has 0 saturated carbocycles. The van der Waals surface area contributed by atoms with Crippen molar-refractivity contribution in [3.05, 3.63) is 29.3 Å². The summed E-state index contributed by atoms with van der Waals surface area (Å²) in [6.45, 7) is 6.98. The highest BCUT2D eigenvalue weighted by Crippen LogP contribution is 2.21. The van der Waals surface area contributed by atoms with Crippen molar-refractivity contribution in [1.29, 1.82) is 0 Å². The molecule has 1 rings (SSSR count). The van der Waals surface area contributed by atoms with Gasteiger partial charge in [-0.2, -0.15) is 0 Å². The zero-order valence-electron chi connectivity index (χ0n) is 12.2. The molecule has 19 heavy (non-hydrogen) atoms. The van der Waals surface area contributed by atoms with Crippen molar-refractivity contribution >= 4 is 5.91 Å². The highest BCUT2D eigenvalue weighted by Gasteiger charge is 2.12. The van der Waals surface area contributed by atoms with Crippen molar-refractivity contribution in [1.82, 2.24) is 5.32 Å². The van der Waals surface area contributed by atoms with Crippen LogP contribution in [0.1, 0.15) is 43.1 Å². The van der Waals surface area contributed by atoms with Gasteiger partial charge in [-0.25, -0.2) is 0 Å². The largest absolute Gasteiger partial charge is 0.494 e. The average molecular weight is 265 g/mol. The highest BCUT2D eigenvalue weighted by molar-refractivity contribution is 5.94. The van der Waals surface area contributed by atoms with Crippen LogP contribution in [0.15, 0.2) is 18.2 Å². The van der Waals surface area contributed by atoms with E-state index < -0.39 is 0 Å². The molecule has 4 heteroatoms. The molecule has 0 spiro atoms. The van der Waals surface area contributed by atoms with Gasteiger partial charge in [0.2, 0.25) is 0 Å². The summed E-state index contributed by atoms with van der Waals surface area (Å²) < 4.78 is 10.7. The summed E-state index contributed by atoms with van der Waals surface area (Å²) >= 11 is 0. The Morgan fingerprint density at radius 3 is 2.68 bits per heavy atom. The second-order valence-corrected chi connectivity index (χ2v) is 4.47. The van der Waals surface area contributed by atoms with Gasteiger partial charge in [0.15, 0.2) is 0 Å². The summed E-state index contributed by atoms with van der Waals surface area (Å²) in [7, 11) is 1.63. The van der Waals surface area contributed by atoms with Gasteiger partial charge in [0, 0.05) is 24.3 Å². The fraction of sp³-hybridized carbons (Fsp3) is 0.533. The number of rotatable bonds is 7. The third kappa shape index (κ3) is 4.56. The van der Waals surface area contributed by atoms with Crippen LogP contribution in [0.3, 0.4) is 0 Å². The van der Waals surface area contributed by atoms with Crippen LogP contribution in [-0.2, 0) is 11.3 Å². The molecule has 1 N–H and O–H groups in total. The van der Waals surface area contributed by atoms with Gasteiger partial charge in [0.05, 0.1) is 13.2 Å². The van der Waals surface area contributed by atoms with Crippen molar-refractivity contribution in [3.63, 3.8) is 0 Å². The van der Waals surface area contributed by atoms with Crippen molar-refractivity contribution in [2.24, 2.45) is 0 Å². The van der Waals surface area contributed by atoms with Gasteiger partial charge in [0.1, 0.15) is 5.75 Å². The number of benzene rings is 1. The van der Waals surface area contributed by atoms with Crippen LogP contribution in [0.2, 0.25) is 0 Å². The fourth-order valence-electron chi connectivity index (χ4n) is 1.69. The van der Waals surface area contributed by atoms with E-state index in [1.54, 1.807) is 13.2 Å². The Hall–Kier alpha value is -1.55. The maximum atomic E-state index is 12.0. The van der Waals surface area contributed by atoms with Crippen molar-refractivity contribution in [2.75, 3.05) is 13.7 Å². The lowest BCUT2D eigenvalue weighted by Crippen LogP contribution is -2.31.